The van der Waals surface area contributed by atoms with Gasteiger partial charge in [0.05, 0.1) is 13.3 Å². The van der Waals surface area contributed by atoms with Gasteiger partial charge >= 0.3 is 0 Å². The SMILES string of the molecule is COc1ccc([C@H](C(=O)Nc2ccc(F)cc2)N(C(=O)c2cnccn2)c2ccccc2)cc1. The van der Waals surface area contributed by atoms with Crippen LogP contribution in [0.2, 0.25) is 0 Å². The molecule has 0 aliphatic heterocycles. The number of methoxy groups -OCH3 is 1. The lowest BCUT2D eigenvalue weighted by atomic mass is 10.0. The molecule has 0 saturated heterocycles. The quantitative estimate of drug-likeness (QED) is 0.438. The molecular formula is C26H21FN4O3. The Balaban J connectivity index is 1.82. The standard InChI is InChI=1S/C26H21FN4O3/c1-34-22-13-7-18(8-14-22)24(25(32)30-20-11-9-19(27)10-12-20)31(21-5-3-2-4-6-21)26(33)23-17-28-15-16-29-23/h2-17,24H,1H3,(H,30,32)/t24-/m1/s1. The Bertz CT molecular complexity index is 1250. The number of carbonyl (C=O) groups is 2. The van der Waals surface area contributed by atoms with Crippen LogP contribution in [0, 0.1) is 5.82 Å². The average molecular weight is 456 g/mol. The predicted molar refractivity (Wildman–Crippen MR) is 126 cm³/mol. The minimum Gasteiger partial charge on any atom is -0.497 e. The Hall–Kier alpha value is -4.59. The number of carbonyl (C=O) groups excluding carboxylic acids is 2. The van der Waals surface area contributed by atoms with Gasteiger partial charge in [-0.05, 0) is 54.1 Å². The molecule has 0 aliphatic rings. The number of aromatic nitrogens is 2. The first-order valence-corrected chi connectivity index (χ1v) is 10.4. The molecule has 0 unspecified atom stereocenters. The molecule has 0 bridgehead atoms. The monoisotopic (exact) mass is 456 g/mol. The van der Waals surface area contributed by atoms with E-state index in [4.69, 9.17) is 4.74 Å². The summed E-state index contributed by atoms with van der Waals surface area (Å²) in [6.45, 7) is 0. The van der Waals surface area contributed by atoms with Gasteiger partial charge in [0.2, 0.25) is 0 Å². The summed E-state index contributed by atoms with van der Waals surface area (Å²) in [6.07, 6.45) is 4.23. The summed E-state index contributed by atoms with van der Waals surface area (Å²) in [6, 6.07) is 20.0. The van der Waals surface area contributed by atoms with Gasteiger partial charge in [0, 0.05) is 23.8 Å². The van der Waals surface area contributed by atoms with Crippen molar-refractivity contribution in [3.8, 4) is 5.75 Å². The molecule has 2 amide bonds. The summed E-state index contributed by atoms with van der Waals surface area (Å²) >= 11 is 0. The molecule has 4 rings (SSSR count). The first-order valence-electron chi connectivity index (χ1n) is 10.4. The molecule has 3 aromatic carbocycles. The lowest BCUT2D eigenvalue weighted by Gasteiger charge is -2.31. The van der Waals surface area contributed by atoms with Crippen LogP contribution in [0.1, 0.15) is 22.1 Å². The van der Waals surface area contributed by atoms with E-state index in [0.29, 0.717) is 22.7 Å². The van der Waals surface area contributed by atoms with Crippen LogP contribution in [0.15, 0.2) is 97.5 Å². The Labute approximate surface area is 195 Å². The molecule has 1 atom stereocenters. The smallest absolute Gasteiger partial charge is 0.279 e. The van der Waals surface area contributed by atoms with Crippen molar-refractivity contribution >= 4 is 23.2 Å². The molecular weight excluding hydrogens is 435 g/mol. The number of hydrogen-bond donors (Lipinski definition) is 1. The Kier molecular flexibility index (Phi) is 6.88. The summed E-state index contributed by atoms with van der Waals surface area (Å²) in [5.74, 6) is -0.811. The van der Waals surface area contributed by atoms with E-state index in [-0.39, 0.29) is 5.69 Å². The van der Waals surface area contributed by atoms with E-state index in [1.54, 1.807) is 55.6 Å². The third kappa shape index (κ3) is 5.07. The van der Waals surface area contributed by atoms with Gasteiger partial charge in [0.1, 0.15) is 23.3 Å². The second kappa shape index (κ2) is 10.4. The highest BCUT2D eigenvalue weighted by Crippen LogP contribution is 2.31. The molecule has 0 aliphatic carbocycles. The topological polar surface area (TPSA) is 84.4 Å². The maximum atomic E-state index is 13.7. The molecule has 1 N–H and O–H groups in total. The van der Waals surface area contributed by atoms with Crippen LogP contribution in [0.5, 0.6) is 5.75 Å². The molecule has 8 heteroatoms. The molecule has 1 aromatic heterocycles. The van der Waals surface area contributed by atoms with Gasteiger partial charge in [0.15, 0.2) is 0 Å². The summed E-state index contributed by atoms with van der Waals surface area (Å²) in [4.78, 5) is 36.8. The largest absolute Gasteiger partial charge is 0.497 e. The van der Waals surface area contributed by atoms with E-state index in [9.17, 15) is 14.0 Å². The first kappa shape index (κ1) is 22.6. The van der Waals surface area contributed by atoms with Crippen molar-refractivity contribution in [1.29, 1.82) is 0 Å². The second-order valence-corrected chi connectivity index (χ2v) is 7.27. The number of benzene rings is 3. The minimum absolute atomic E-state index is 0.0828. The van der Waals surface area contributed by atoms with E-state index in [2.05, 4.69) is 15.3 Å². The van der Waals surface area contributed by atoms with Crippen molar-refractivity contribution in [3.05, 3.63) is 115 Å². The van der Waals surface area contributed by atoms with E-state index in [0.717, 1.165) is 0 Å². The predicted octanol–water partition coefficient (Wildman–Crippen LogP) is 4.65. The van der Waals surface area contributed by atoms with Crippen LogP contribution in [-0.4, -0.2) is 28.9 Å². The fourth-order valence-electron chi connectivity index (χ4n) is 3.45. The van der Waals surface area contributed by atoms with Crippen molar-refractivity contribution in [3.63, 3.8) is 0 Å². The highest BCUT2D eigenvalue weighted by Gasteiger charge is 2.34. The Morgan fingerprint density at radius 2 is 1.65 bits per heavy atom. The van der Waals surface area contributed by atoms with Crippen LogP contribution in [0.25, 0.3) is 0 Å². The Morgan fingerprint density at radius 3 is 2.26 bits per heavy atom. The number of ether oxygens (including phenoxy) is 1. The van der Waals surface area contributed by atoms with Crippen molar-refractivity contribution in [2.45, 2.75) is 6.04 Å². The average Bonchev–Trinajstić information content (AvgIpc) is 2.89. The molecule has 0 radical (unpaired) electrons. The fourth-order valence-corrected chi connectivity index (χ4v) is 3.45. The number of hydrogen-bond acceptors (Lipinski definition) is 5. The third-order valence-corrected chi connectivity index (χ3v) is 5.09. The third-order valence-electron chi connectivity index (χ3n) is 5.09. The number of rotatable bonds is 7. The van der Waals surface area contributed by atoms with Gasteiger partial charge in [-0.2, -0.15) is 0 Å². The molecule has 4 aromatic rings. The molecule has 170 valence electrons. The van der Waals surface area contributed by atoms with Gasteiger partial charge in [-0.1, -0.05) is 30.3 Å². The first-order chi connectivity index (χ1) is 16.6. The summed E-state index contributed by atoms with van der Waals surface area (Å²) in [7, 11) is 1.54. The second-order valence-electron chi connectivity index (χ2n) is 7.27. The summed E-state index contributed by atoms with van der Waals surface area (Å²) in [5, 5.41) is 2.79. The number of nitrogens with zero attached hydrogens (tertiary/aromatic N) is 3. The summed E-state index contributed by atoms with van der Waals surface area (Å²) in [5.41, 5.74) is 1.51. The number of amides is 2. The fraction of sp³-hybridized carbons (Fsp3) is 0.0769. The number of nitrogens with one attached hydrogen (secondary N) is 1. The van der Waals surface area contributed by atoms with Crippen molar-refractivity contribution < 1.29 is 18.7 Å². The molecule has 0 spiro atoms. The van der Waals surface area contributed by atoms with Crippen LogP contribution < -0.4 is 15.0 Å². The van der Waals surface area contributed by atoms with Gasteiger partial charge in [-0.3, -0.25) is 19.5 Å². The van der Waals surface area contributed by atoms with E-state index in [1.165, 1.54) is 47.8 Å². The lowest BCUT2D eigenvalue weighted by molar-refractivity contribution is -0.117. The molecule has 1 heterocycles. The van der Waals surface area contributed by atoms with E-state index >= 15 is 0 Å². The van der Waals surface area contributed by atoms with Crippen LogP contribution >= 0.6 is 0 Å². The van der Waals surface area contributed by atoms with E-state index in [1.807, 2.05) is 6.07 Å². The maximum absolute atomic E-state index is 13.7. The number of para-hydroxylation sites is 1. The van der Waals surface area contributed by atoms with Gasteiger partial charge in [0.25, 0.3) is 11.8 Å². The maximum Gasteiger partial charge on any atom is 0.279 e. The molecule has 0 fully saturated rings. The van der Waals surface area contributed by atoms with Crippen molar-refractivity contribution in [1.82, 2.24) is 9.97 Å². The van der Waals surface area contributed by atoms with Crippen LogP contribution in [0.3, 0.4) is 0 Å². The van der Waals surface area contributed by atoms with Gasteiger partial charge < -0.3 is 10.1 Å². The number of anilines is 2. The van der Waals surface area contributed by atoms with Gasteiger partial charge in [-0.25, -0.2) is 9.37 Å². The Morgan fingerprint density at radius 1 is 0.941 bits per heavy atom. The van der Waals surface area contributed by atoms with E-state index < -0.39 is 23.7 Å². The minimum atomic E-state index is -1.08. The zero-order valence-electron chi connectivity index (χ0n) is 18.3. The molecule has 0 saturated carbocycles. The molecule has 34 heavy (non-hydrogen) atoms. The lowest BCUT2D eigenvalue weighted by Crippen LogP contribution is -2.42. The van der Waals surface area contributed by atoms with Crippen molar-refractivity contribution in [2.24, 2.45) is 0 Å². The zero-order valence-corrected chi connectivity index (χ0v) is 18.3. The van der Waals surface area contributed by atoms with Crippen LogP contribution in [0.4, 0.5) is 15.8 Å². The molecule has 7 nitrogen and oxygen atoms in total. The summed E-state index contributed by atoms with van der Waals surface area (Å²) < 4.78 is 18.6. The van der Waals surface area contributed by atoms with Gasteiger partial charge in [-0.15, -0.1) is 0 Å². The van der Waals surface area contributed by atoms with Crippen molar-refractivity contribution in [2.75, 3.05) is 17.3 Å². The zero-order chi connectivity index (χ0) is 23.9. The highest BCUT2D eigenvalue weighted by atomic mass is 19.1. The van der Waals surface area contributed by atoms with Crippen LogP contribution in [-0.2, 0) is 4.79 Å². The number of halogens is 1. The normalized spacial score (nSPS) is 11.4. The highest BCUT2D eigenvalue weighted by molar-refractivity contribution is 6.11.